The van der Waals surface area contributed by atoms with Crippen molar-refractivity contribution >= 4 is 29.3 Å². The van der Waals surface area contributed by atoms with Gasteiger partial charge in [0.05, 0.1) is 12.0 Å². The molecular formula is C21H22N2O5. The zero-order chi connectivity index (χ0) is 20.4. The van der Waals surface area contributed by atoms with Crippen LogP contribution in [0.3, 0.4) is 0 Å². The maximum atomic E-state index is 12.4. The SMILES string of the molecule is COC(=O)CCCC/C=C\c1ccccc1NC(=O)c1ccc([N+](=O)[O-])cc1. The summed E-state index contributed by atoms with van der Waals surface area (Å²) in [6.45, 7) is 0. The van der Waals surface area contributed by atoms with Crippen LogP contribution in [0.15, 0.2) is 54.6 Å². The van der Waals surface area contributed by atoms with Gasteiger partial charge >= 0.3 is 5.97 Å². The average molecular weight is 382 g/mol. The molecule has 0 unspecified atom stereocenters. The first-order chi connectivity index (χ1) is 13.5. The maximum absolute atomic E-state index is 12.4. The van der Waals surface area contributed by atoms with Crippen molar-refractivity contribution in [3.05, 3.63) is 75.8 Å². The highest BCUT2D eigenvalue weighted by Gasteiger charge is 2.10. The van der Waals surface area contributed by atoms with Crippen molar-refractivity contribution in [3.8, 4) is 0 Å². The molecule has 0 saturated carbocycles. The van der Waals surface area contributed by atoms with Crippen molar-refractivity contribution in [2.24, 2.45) is 0 Å². The van der Waals surface area contributed by atoms with Gasteiger partial charge in [0.25, 0.3) is 11.6 Å². The second-order valence-corrected chi connectivity index (χ2v) is 6.07. The molecule has 7 nitrogen and oxygen atoms in total. The first kappa shape index (κ1) is 20.8. The molecule has 0 aliphatic rings. The monoisotopic (exact) mass is 382 g/mol. The number of carbonyl (C=O) groups excluding carboxylic acids is 2. The Morgan fingerprint density at radius 3 is 2.50 bits per heavy atom. The topological polar surface area (TPSA) is 98.5 Å². The molecule has 0 atom stereocenters. The summed E-state index contributed by atoms with van der Waals surface area (Å²) in [5.74, 6) is -0.544. The van der Waals surface area contributed by atoms with E-state index in [1.165, 1.54) is 31.4 Å². The number of nitro benzene ring substituents is 1. The second kappa shape index (κ2) is 10.6. The smallest absolute Gasteiger partial charge is 0.305 e. The van der Waals surface area contributed by atoms with Crippen LogP contribution in [-0.2, 0) is 9.53 Å². The Morgan fingerprint density at radius 1 is 1.11 bits per heavy atom. The fourth-order valence-corrected chi connectivity index (χ4v) is 2.53. The Kier molecular flexibility index (Phi) is 7.90. The third-order valence-electron chi connectivity index (χ3n) is 4.08. The third kappa shape index (κ3) is 6.35. The number of non-ortho nitro benzene ring substituents is 1. The van der Waals surface area contributed by atoms with E-state index < -0.39 is 4.92 Å². The number of carbonyl (C=O) groups is 2. The summed E-state index contributed by atoms with van der Waals surface area (Å²) in [6.07, 6.45) is 6.75. The number of nitro groups is 1. The molecule has 28 heavy (non-hydrogen) atoms. The van der Waals surface area contributed by atoms with Crippen LogP contribution in [0.2, 0.25) is 0 Å². The van der Waals surface area contributed by atoms with Crippen LogP contribution in [-0.4, -0.2) is 23.9 Å². The Balaban J connectivity index is 1.95. The quantitative estimate of drug-likeness (QED) is 0.296. The minimum Gasteiger partial charge on any atom is -0.469 e. The standard InChI is InChI=1S/C21H22N2O5/c1-28-20(24)11-5-3-2-4-8-16-9-6-7-10-19(16)22-21(25)17-12-14-18(15-13-17)23(26)27/h4,6-10,12-15H,2-3,5,11H2,1H3,(H,22,25)/b8-4-. The molecule has 0 saturated heterocycles. The van der Waals surface area contributed by atoms with Gasteiger partial charge in [-0.2, -0.15) is 0 Å². The lowest BCUT2D eigenvalue weighted by Gasteiger charge is -2.08. The fraction of sp³-hybridized carbons (Fsp3) is 0.238. The summed E-state index contributed by atoms with van der Waals surface area (Å²) in [7, 11) is 1.38. The van der Waals surface area contributed by atoms with Crippen molar-refractivity contribution in [2.45, 2.75) is 25.7 Å². The fourth-order valence-electron chi connectivity index (χ4n) is 2.53. The zero-order valence-electron chi connectivity index (χ0n) is 15.6. The Morgan fingerprint density at radius 2 is 1.82 bits per heavy atom. The van der Waals surface area contributed by atoms with Crippen molar-refractivity contribution in [2.75, 3.05) is 12.4 Å². The first-order valence-corrected chi connectivity index (χ1v) is 8.89. The van der Waals surface area contributed by atoms with Gasteiger partial charge in [-0.15, -0.1) is 0 Å². The van der Waals surface area contributed by atoms with Crippen LogP contribution in [0.4, 0.5) is 11.4 Å². The van der Waals surface area contributed by atoms with Gasteiger partial charge in [-0.1, -0.05) is 30.4 Å². The summed E-state index contributed by atoms with van der Waals surface area (Å²) < 4.78 is 4.60. The summed E-state index contributed by atoms with van der Waals surface area (Å²) in [5.41, 5.74) is 1.78. The van der Waals surface area contributed by atoms with E-state index in [0.717, 1.165) is 24.8 Å². The number of methoxy groups -OCH3 is 1. The largest absolute Gasteiger partial charge is 0.469 e. The van der Waals surface area contributed by atoms with Crippen LogP contribution in [0.5, 0.6) is 0 Å². The van der Waals surface area contributed by atoms with E-state index in [4.69, 9.17) is 0 Å². The summed E-state index contributed by atoms with van der Waals surface area (Å²) in [5, 5.41) is 13.5. The Labute approximate surface area is 163 Å². The van der Waals surface area contributed by atoms with E-state index in [1.54, 1.807) is 6.07 Å². The van der Waals surface area contributed by atoms with E-state index in [2.05, 4.69) is 10.1 Å². The van der Waals surface area contributed by atoms with E-state index in [-0.39, 0.29) is 17.6 Å². The summed E-state index contributed by atoms with van der Waals surface area (Å²) in [4.78, 5) is 33.7. The van der Waals surface area contributed by atoms with Crippen LogP contribution in [0.1, 0.15) is 41.6 Å². The number of amides is 1. The number of benzene rings is 2. The minimum atomic E-state index is -0.507. The molecule has 2 aromatic carbocycles. The predicted molar refractivity (Wildman–Crippen MR) is 107 cm³/mol. The molecule has 0 aliphatic heterocycles. The number of nitrogens with zero attached hydrogens (tertiary/aromatic N) is 1. The van der Waals surface area contributed by atoms with Gasteiger partial charge < -0.3 is 10.1 Å². The van der Waals surface area contributed by atoms with E-state index in [0.29, 0.717) is 17.7 Å². The predicted octanol–water partition coefficient (Wildman–Crippen LogP) is 4.59. The van der Waals surface area contributed by atoms with E-state index >= 15 is 0 Å². The molecular weight excluding hydrogens is 360 g/mol. The number of para-hydroxylation sites is 1. The number of ether oxygens (including phenoxy) is 1. The van der Waals surface area contributed by atoms with E-state index in [1.807, 2.05) is 30.4 Å². The zero-order valence-corrected chi connectivity index (χ0v) is 15.6. The summed E-state index contributed by atoms with van der Waals surface area (Å²) >= 11 is 0. The number of anilines is 1. The lowest BCUT2D eigenvalue weighted by molar-refractivity contribution is -0.384. The van der Waals surface area contributed by atoms with Gasteiger partial charge in [0, 0.05) is 29.8 Å². The van der Waals surface area contributed by atoms with Crippen molar-refractivity contribution in [3.63, 3.8) is 0 Å². The average Bonchev–Trinajstić information content (AvgIpc) is 2.71. The highest BCUT2D eigenvalue weighted by molar-refractivity contribution is 6.05. The van der Waals surface area contributed by atoms with E-state index in [9.17, 15) is 19.7 Å². The van der Waals surface area contributed by atoms with Crippen molar-refractivity contribution in [1.82, 2.24) is 0 Å². The number of rotatable bonds is 9. The number of hydrogen-bond acceptors (Lipinski definition) is 5. The van der Waals surface area contributed by atoms with Gasteiger partial charge in [-0.25, -0.2) is 0 Å². The maximum Gasteiger partial charge on any atom is 0.305 e. The normalized spacial score (nSPS) is 10.6. The molecule has 0 radical (unpaired) electrons. The first-order valence-electron chi connectivity index (χ1n) is 8.89. The Hall–Kier alpha value is -3.48. The molecule has 1 amide bonds. The molecule has 1 N–H and O–H groups in total. The van der Waals surface area contributed by atoms with Gasteiger partial charge in [-0.05, 0) is 43.0 Å². The number of nitrogens with one attached hydrogen (secondary N) is 1. The molecule has 2 rings (SSSR count). The molecule has 0 spiro atoms. The number of hydrogen-bond donors (Lipinski definition) is 1. The van der Waals surface area contributed by atoms with Gasteiger partial charge in [0.15, 0.2) is 0 Å². The minimum absolute atomic E-state index is 0.0629. The lowest BCUT2D eigenvalue weighted by Crippen LogP contribution is -2.12. The highest BCUT2D eigenvalue weighted by Crippen LogP contribution is 2.19. The van der Waals surface area contributed by atoms with Crippen molar-refractivity contribution in [1.29, 1.82) is 0 Å². The van der Waals surface area contributed by atoms with Crippen LogP contribution in [0.25, 0.3) is 6.08 Å². The molecule has 7 heteroatoms. The summed E-state index contributed by atoms with van der Waals surface area (Å²) in [6, 6.07) is 12.8. The van der Waals surface area contributed by atoms with Crippen LogP contribution in [0, 0.1) is 10.1 Å². The van der Waals surface area contributed by atoms with Crippen LogP contribution < -0.4 is 5.32 Å². The number of allylic oxidation sites excluding steroid dienone is 1. The van der Waals surface area contributed by atoms with Crippen molar-refractivity contribution < 1.29 is 19.2 Å². The third-order valence-corrected chi connectivity index (χ3v) is 4.08. The molecule has 0 fully saturated rings. The Bertz CT molecular complexity index is 859. The second-order valence-electron chi connectivity index (χ2n) is 6.07. The molecule has 0 heterocycles. The molecule has 0 bridgehead atoms. The van der Waals surface area contributed by atoms with Gasteiger partial charge in [0.1, 0.15) is 0 Å². The molecule has 0 aromatic heterocycles. The molecule has 0 aliphatic carbocycles. The molecule has 146 valence electrons. The number of esters is 1. The number of unbranched alkanes of at least 4 members (excludes halogenated alkanes) is 2. The van der Waals surface area contributed by atoms with Gasteiger partial charge in [-0.3, -0.25) is 19.7 Å². The van der Waals surface area contributed by atoms with Gasteiger partial charge in [0.2, 0.25) is 0 Å². The lowest BCUT2D eigenvalue weighted by atomic mass is 10.1. The van der Waals surface area contributed by atoms with Crippen LogP contribution >= 0.6 is 0 Å². The highest BCUT2D eigenvalue weighted by atomic mass is 16.6. The molecule has 2 aromatic rings.